The van der Waals surface area contributed by atoms with E-state index in [-0.39, 0.29) is 0 Å². The summed E-state index contributed by atoms with van der Waals surface area (Å²) in [4.78, 5) is 17.9. The van der Waals surface area contributed by atoms with Crippen molar-refractivity contribution >= 4 is 17.6 Å². The molecule has 0 saturated heterocycles. The molecule has 0 amide bonds. The molecule has 1 fully saturated rings. The Kier molecular flexibility index (Phi) is 4.57. The number of aldehydes is 1. The molecule has 0 spiro atoms. The lowest BCUT2D eigenvalue weighted by Gasteiger charge is -2.23. The maximum Gasteiger partial charge on any atom is 0.151 e. The van der Waals surface area contributed by atoms with Gasteiger partial charge < -0.3 is 4.74 Å². The van der Waals surface area contributed by atoms with Crippen molar-refractivity contribution in [3.05, 3.63) is 34.3 Å². The molecule has 4 heteroatoms. The summed E-state index contributed by atoms with van der Waals surface area (Å²) in [5, 5.41) is 0. The smallest absolute Gasteiger partial charge is 0.151 e. The van der Waals surface area contributed by atoms with Crippen LogP contribution in [-0.2, 0) is 0 Å². The molecule has 1 saturated carbocycles. The fraction of sp³-hybridized carbons (Fsp3) is 0.444. The maximum atomic E-state index is 11.2. The SMILES string of the molecule is Cc1cc(C=O)c(-c2ccc(OC3CCCCC3)c(C)n2)s1. The Balaban J connectivity index is 1.83. The quantitative estimate of drug-likeness (QED) is 0.749. The first-order chi connectivity index (χ1) is 10.7. The van der Waals surface area contributed by atoms with Crippen LogP contribution in [0.1, 0.15) is 53.0 Å². The Hall–Kier alpha value is -1.68. The van der Waals surface area contributed by atoms with E-state index in [1.807, 2.05) is 32.0 Å². The van der Waals surface area contributed by atoms with Crippen LogP contribution >= 0.6 is 11.3 Å². The molecule has 2 aromatic heterocycles. The van der Waals surface area contributed by atoms with Gasteiger partial charge in [-0.05, 0) is 57.7 Å². The fourth-order valence-electron chi connectivity index (χ4n) is 2.98. The monoisotopic (exact) mass is 315 g/mol. The van der Waals surface area contributed by atoms with Crippen molar-refractivity contribution in [3.8, 4) is 16.3 Å². The maximum absolute atomic E-state index is 11.2. The Morgan fingerprint density at radius 2 is 2.00 bits per heavy atom. The van der Waals surface area contributed by atoms with Crippen molar-refractivity contribution in [2.24, 2.45) is 0 Å². The van der Waals surface area contributed by atoms with Crippen LogP contribution in [0.5, 0.6) is 5.75 Å². The number of aromatic nitrogens is 1. The standard InChI is InChI=1S/C18H21NO2S/c1-12-10-14(11-20)18(22-12)16-8-9-17(13(2)19-16)21-15-6-4-3-5-7-15/h8-11,15H,3-7H2,1-2H3. The van der Waals surface area contributed by atoms with Gasteiger partial charge in [0.2, 0.25) is 0 Å². The molecular formula is C18H21NO2S. The van der Waals surface area contributed by atoms with Gasteiger partial charge in [0, 0.05) is 10.4 Å². The molecule has 0 N–H and O–H groups in total. The molecule has 3 rings (SSSR count). The van der Waals surface area contributed by atoms with Crippen molar-refractivity contribution in [1.82, 2.24) is 4.98 Å². The lowest BCUT2D eigenvalue weighted by Crippen LogP contribution is -2.20. The zero-order valence-corrected chi connectivity index (χ0v) is 13.9. The molecule has 0 aliphatic heterocycles. The van der Waals surface area contributed by atoms with E-state index in [1.54, 1.807) is 11.3 Å². The van der Waals surface area contributed by atoms with E-state index < -0.39 is 0 Å². The highest BCUT2D eigenvalue weighted by Gasteiger charge is 2.17. The summed E-state index contributed by atoms with van der Waals surface area (Å²) in [5.74, 6) is 0.872. The molecule has 22 heavy (non-hydrogen) atoms. The third-order valence-electron chi connectivity index (χ3n) is 4.13. The molecule has 0 aromatic carbocycles. The number of ether oxygens (including phenoxy) is 1. The minimum Gasteiger partial charge on any atom is -0.489 e. The van der Waals surface area contributed by atoms with Crippen molar-refractivity contribution in [1.29, 1.82) is 0 Å². The number of nitrogens with zero attached hydrogens (tertiary/aromatic N) is 1. The Morgan fingerprint density at radius 1 is 1.23 bits per heavy atom. The average Bonchev–Trinajstić information content (AvgIpc) is 2.91. The molecule has 0 bridgehead atoms. The third-order valence-corrected chi connectivity index (χ3v) is 5.22. The van der Waals surface area contributed by atoms with Gasteiger partial charge in [0.05, 0.1) is 22.4 Å². The van der Waals surface area contributed by atoms with Gasteiger partial charge in [0.15, 0.2) is 6.29 Å². The normalized spacial score (nSPS) is 15.7. The summed E-state index contributed by atoms with van der Waals surface area (Å²) in [6.45, 7) is 3.98. The predicted molar refractivity (Wildman–Crippen MR) is 89.9 cm³/mol. The Bertz CT molecular complexity index is 672. The van der Waals surface area contributed by atoms with E-state index in [2.05, 4.69) is 4.98 Å². The van der Waals surface area contributed by atoms with Crippen LogP contribution in [0.3, 0.4) is 0 Å². The van der Waals surface area contributed by atoms with Gasteiger partial charge in [-0.15, -0.1) is 11.3 Å². The van der Waals surface area contributed by atoms with E-state index in [4.69, 9.17) is 4.74 Å². The first-order valence-corrected chi connectivity index (χ1v) is 8.69. The second kappa shape index (κ2) is 6.61. The van der Waals surface area contributed by atoms with Gasteiger partial charge in [-0.25, -0.2) is 4.98 Å². The van der Waals surface area contributed by atoms with Gasteiger partial charge in [-0.2, -0.15) is 0 Å². The molecule has 1 aliphatic carbocycles. The van der Waals surface area contributed by atoms with Crippen LogP contribution in [0.15, 0.2) is 18.2 Å². The highest BCUT2D eigenvalue weighted by molar-refractivity contribution is 7.15. The summed E-state index contributed by atoms with van der Waals surface area (Å²) < 4.78 is 6.11. The molecule has 0 atom stereocenters. The van der Waals surface area contributed by atoms with Crippen molar-refractivity contribution in [2.45, 2.75) is 52.1 Å². The summed E-state index contributed by atoms with van der Waals surface area (Å²) >= 11 is 1.61. The van der Waals surface area contributed by atoms with Gasteiger partial charge in [-0.1, -0.05) is 6.42 Å². The molecule has 0 radical (unpaired) electrons. The Morgan fingerprint density at radius 3 is 2.68 bits per heavy atom. The van der Waals surface area contributed by atoms with Gasteiger partial charge in [0.1, 0.15) is 5.75 Å². The van der Waals surface area contributed by atoms with Crippen molar-refractivity contribution in [3.63, 3.8) is 0 Å². The van der Waals surface area contributed by atoms with Gasteiger partial charge in [-0.3, -0.25) is 4.79 Å². The second-order valence-electron chi connectivity index (χ2n) is 5.92. The summed E-state index contributed by atoms with van der Waals surface area (Å²) in [6, 6.07) is 5.87. The highest BCUT2D eigenvalue weighted by atomic mass is 32.1. The van der Waals surface area contributed by atoms with E-state index >= 15 is 0 Å². The van der Waals surface area contributed by atoms with Crippen molar-refractivity contribution in [2.75, 3.05) is 0 Å². The zero-order valence-electron chi connectivity index (χ0n) is 13.1. The summed E-state index contributed by atoms with van der Waals surface area (Å²) in [7, 11) is 0. The van der Waals surface area contributed by atoms with Gasteiger partial charge in [0.25, 0.3) is 0 Å². The number of rotatable bonds is 4. The van der Waals surface area contributed by atoms with E-state index in [0.29, 0.717) is 6.10 Å². The lowest BCUT2D eigenvalue weighted by atomic mass is 9.98. The lowest BCUT2D eigenvalue weighted by molar-refractivity contribution is 0.112. The van der Waals surface area contributed by atoms with Crippen LogP contribution in [0, 0.1) is 13.8 Å². The minimum atomic E-state index is 0.328. The van der Waals surface area contributed by atoms with Crippen LogP contribution < -0.4 is 4.74 Å². The summed E-state index contributed by atoms with van der Waals surface area (Å²) in [6.07, 6.45) is 7.35. The number of pyridine rings is 1. The second-order valence-corrected chi connectivity index (χ2v) is 7.17. The first-order valence-electron chi connectivity index (χ1n) is 7.87. The van der Waals surface area contributed by atoms with Crippen molar-refractivity contribution < 1.29 is 9.53 Å². The summed E-state index contributed by atoms with van der Waals surface area (Å²) in [5.41, 5.74) is 2.47. The number of thiophene rings is 1. The number of carbonyl (C=O) groups excluding carboxylic acids is 1. The number of hydrogen-bond acceptors (Lipinski definition) is 4. The average molecular weight is 315 g/mol. The van der Waals surface area contributed by atoms with Crippen LogP contribution in [0.25, 0.3) is 10.6 Å². The topological polar surface area (TPSA) is 39.2 Å². The van der Waals surface area contributed by atoms with Crippen LogP contribution in [0.4, 0.5) is 0 Å². The van der Waals surface area contributed by atoms with Gasteiger partial charge >= 0.3 is 0 Å². The minimum absolute atomic E-state index is 0.328. The molecule has 2 heterocycles. The molecule has 0 unspecified atom stereocenters. The van der Waals surface area contributed by atoms with E-state index in [9.17, 15) is 4.79 Å². The molecule has 1 aliphatic rings. The largest absolute Gasteiger partial charge is 0.489 e. The molecular weight excluding hydrogens is 294 g/mol. The molecule has 2 aromatic rings. The highest BCUT2D eigenvalue weighted by Crippen LogP contribution is 2.33. The number of carbonyl (C=O) groups is 1. The molecule has 3 nitrogen and oxygen atoms in total. The van der Waals surface area contributed by atoms with Crippen LogP contribution in [0.2, 0.25) is 0 Å². The number of hydrogen-bond donors (Lipinski definition) is 0. The van der Waals surface area contributed by atoms with E-state index in [1.165, 1.54) is 19.3 Å². The first kappa shape index (κ1) is 15.2. The third kappa shape index (κ3) is 3.22. The number of aryl methyl sites for hydroxylation is 2. The van der Waals surface area contributed by atoms with E-state index in [0.717, 1.165) is 51.6 Å². The predicted octanol–water partition coefficient (Wildman–Crippen LogP) is 4.95. The van der Waals surface area contributed by atoms with Crippen LogP contribution in [-0.4, -0.2) is 17.4 Å². The molecule has 116 valence electrons. The fourth-order valence-corrected chi connectivity index (χ4v) is 3.93. The Labute approximate surface area is 135 Å². The zero-order chi connectivity index (χ0) is 15.5.